The van der Waals surface area contributed by atoms with Crippen LogP contribution in [0.15, 0.2) is 36.7 Å². The lowest BCUT2D eigenvalue weighted by Crippen LogP contribution is -2.43. The molecular weight excluding hydrogens is 352 g/mol. The predicted octanol–water partition coefficient (Wildman–Crippen LogP) is 2.61. The highest BCUT2D eigenvalue weighted by molar-refractivity contribution is 6.34. The molecule has 1 atom stereocenters. The van der Waals surface area contributed by atoms with E-state index in [1.165, 1.54) is 0 Å². The van der Waals surface area contributed by atoms with Gasteiger partial charge in [-0.05, 0) is 31.5 Å². The van der Waals surface area contributed by atoms with Gasteiger partial charge in [0.2, 0.25) is 0 Å². The molecule has 4 rings (SSSR count). The maximum atomic E-state index is 13.0. The molecule has 1 aliphatic heterocycles. The van der Waals surface area contributed by atoms with Crippen molar-refractivity contribution in [1.82, 2.24) is 29.9 Å². The molecule has 3 heterocycles. The molecule has 0 aliphatic carbocycles. The summed E-state index contributed by atoms with van der Waals surface area (Å²) >= 11 is 6.34. The molecule has 8 heteroatoms. The minimum atomic E-state index is -0.0950. The molecule has 3 aromatic rings. The maximum Gasteiger partial charge on any atom is 0.255 e. The van der Waals surface area contributed by atoms with E-state index in [2.05, 4.69) is 20.3 Å². The van der Waals surface area contributed by atoms with Gasteiger partial charge in [-0.15, -0.1) is 5.10 Å². The molecule has 0 saturated heterocycles. The van der Waals surface area contributed by atoms with Crippen LogP contribution in [0.5, 0.6) is 0 Å². The molecule has 0 radical (unpaired) electrons. The summed E-state index contributed by atoms with van der Waals surface area (Å²) in [4.78, 5) is 23.3. The first-order valence-corrected chi connectivity index (χ1v) is 8.71. The van der Waals surface area contributed by atoms with Crippen molar-refractivity contribution in [3.05, 3.63) is 64.2 Å². The number of aryl methyl sites for hydroxylation is 1. The van der Waals surface area contributed by atoms with Gasteiger partial charge in [0.15, 0.2) is 0 Å². The van der Waals surface area contributed by atoms with Crippen LogP contribution in [0.25, 0.3) is 5.95 Å². The van der Waals surface area contributed by atoms with Crippen LogP contribution in [0, 0.1) is 6.92 Å². The molecular formula is C18H17ClN6O. The van der Waals surface area contributed by atoms with Crippen molar-refractivity contribution in [3.63, 3.8) is 0 Å². The number of aromatic nitrogens is 5. The highest BCUT2D eigenvalue weighted by atomic mass is 35.5. The van der Waals surface area contributed by atoms with Crippen molar-refractivity contribution in [3.8, 4) is 5.95 Å². The van der Waals surface area contributed by atoms with Crippen LogP contribution in [0.3, 0.4) is 0 Å². The molecule has 0 fully saturated rings. The lowest BCUT2D eigenvalue weighted by molar-refractivity contribution is 0.0653. The Morgan fingerprint density at radius 2 is 2.00 bits per heavy atom. The third-order valence-electron chi connectivity index (χ3n) is 4.61. The first-order chi connectivity index (χ1) is 12.6. The summed E-state index contributed by atoms with van der Waals surface area (Å²) < 4.78 is 1.65. The van der Waals surface area contributed by atoms with E-state index in [9.17, 15) is 4.79 Å². The fraction of sp³-hybridized carbons (Fsp3) is 0.278. The van der Waals surface area contributed by atoms with Crippen molar-refractivity contribution >= 4 is 17.5 Å². The number of fused-ring (bicyclic) bond motifs is 1. The van der Waals surface area contributed by atoms with Gasteiger partial charge in [-0.25, -0.2) is 9.97 Å². The molecule has 1 amide bonds. The number of carbonyl (C=O) groups is 1. The summed E-state index contributed by atoms with van der Waals surface area (Å²) in [6, 6.07) is 7.23. The summed E-state index contributed by atoms with van der Waals surface area (Å²) in [7, 11) is 0. The third kappa shape index (κ3) is 2.74. The quantitative estimate of drug-likeness (QED) is 0.694. The first kappa shape index (κ1) is 16.7. The summed E-state index contributed by atoms with van der Waals surface area (Å²) in [6.45, 7) is 4.28. The second kappa shape index (κ2) is 6.49. The van der Waals surface area contributed by atoms with Crippen LogP contribution >= 0.6 is 11.6 Å². The van der Waals surface area contributed by atoms with Crippen molar-refractivity contribution in [1.29, 1.82) is 0 Å². The van der Waals surface area contributed by atoms with Crippen molar-refractivity contribution in [2.24, 2.45) is 0 Å². The number of amides is 1. The summed E-state index contributed by atoms with van der Waals surface area (Å²) in [5.41, 5.74) is 3.09. The highest BCUT2D eigenvalue weighted by Crippen LogP contribution is 2.27. The molecule has 0 unspecified atom stereocenters. The average Bonchev–Trinajstić information content (AvgIpc) is 3.06. The van der Waals surface area contributed by atoms with Crippen LogP contribution < -0.4 is 0 Å². The zero-order valence-electron chi connectivity index (χ0n) is 14.4. The van der Waals surface area contributed by atoms with E-state index < -0.39 is 0 Å². The second-order valence-corrected chi connectivity index (χ2v) is 6.74. The van der Waals surface area contributed by atoms with Gasteiger partial charge in [0, 0.05) is 24.9 Å². The summed E-state index contributed by atoms with van der Waals surface area (Å²) in [6.07, 6.45) is 3.95. The van der Waals surface area contributed by atoms with Crippen LogP contribution in [0.2, 0.25) is 5.02 Å². The van der Waals surface area contributed by atoms with E-state index in [4.69, 9.17) is 11.6 Å². The average molecular weight is 369 g/mol. The van der Waals surface area contributed by atoms with Crippen LogP contribution in [0.4, 0.5) is 0 Å². The largest absolute Gasteiger partial charge is 0.329 e. The minimum Gasteiger partial charge on any atom is -0.329 e. The smallest absolute Gasteiger partial charge is 0.255 e. The molecule has 0 saturated carbocycles. The summed E-state index contributed by atoms with van der Waals surface area (Å²) in [5.74, 6) is 0.386. The Bertz CT molecular complexity index is 971. The van der Waals surface area contributed by atoms with E-state index in [0.29, 0.717) is 29.5 Å². The molecule has 1 aromatic carbocycles. The predicted molar refractivity (Wildman–Crippen MR) is 96.2 cm³/mol. The van der Waals surface area contributed by atoms with Crippen LogP contribution in [0.1, 0.15) is 34.2 Å². The Morgan fingerprint density at radius 1 is 1.23 bits per heavy atom. The Labute approximate surface area is 155 Å². The SMILES string of the molecule is Cc1cccc(C(=O)N2Cc3nnn(-c4ncccn4)c3C[C@H]2C)c1Cl. The minimum absolute atomic E-state index is 0.0208. The van der Waals surface area contributed by atoms with Crippen molar-refractivity contribution in [2.75, 3.05) is 0 Å². The van der Waals surface area contributed by atoms with Crippen molar-refractivity contribution < 1.29 is 4.79 Å². The van der Waals surface area contributed by atoms with Gasteiger partial charge >= 0.3 is 0 Å². The number of rotatable bonds is 2. The van der Waals surface area contributed by atoms with E-state index in [-0.39, 0.29) is 11.9 Å². The van der Waals surface area contributed by atoms with E-state index >= 15 is 0 Å². The zero-order chi connectivity index (χ0) is 18.3. The maximum absolute atomic E-state index is 13.0. The van der Waals surface area contributed by atoms with Gasteiger partial charge in [-0.3, -0.25) is 4.79 Å². The normalized spacial score (nSPS) is 16.4. The number of hydrogen-bond donors (Lipinski definition) is 0. The van der Waals surface area contributed by atoms with Gasteiger partial charge in [0.25, 0.3) is 11.9 Å². The number of nitrogens with zero attached hydrogens (tertiary/aromatic N) is 6. The lowest BCUT2D eigenvalue weighted by Gasteiger charge is -2.33. The van der Waals surface area contributed by atoms with Gasteiger partial charge in [0.1, 0.15) is 5.69 Å². The highest BCUT2D eigenvalue weighted by Gasteiger charge is 2.32. The molecule has 0 bridgehead atoms. The van der Waals surface area contributed by atoms with Crippen LogP contribution in [-0.2, 0) is 13.0 Å². The molecule has 2 aromatic heterocycles. The Balaban J connectivity index is 1.66. The third-order valence-corrected chi connectivity index (χ3v) is 5.11. The number of halogens is 1. The molecule has 7 nitrogen and oxygen atoms in total. The van der Waals surface area contributed by atoms with Gasteiger partial charge in [-0.1, -0.05) is 28.9 Å². The molecule has 132 valence electrons. The monoisotopic (exact) mass is 368 g/mol. The fourth-order valence-electron chi connectivity index (χ4n) is 3.17. The number of benzene rings is 1. The van der Waals surface area contributed by atoms with Gasteiger partial charge < -0.3 is 4.90 Å². The van der Waals surface area contributed by atoms with E-state index in [0.717, 1.165) is 17.0 Å². The van der Waals surface area contributed by atoms with Gasteiger partial charge in [0.05, 0.1) is 22.8 Å². The lowest BCUT2D eigenvalue weighted by atomic mass is 10.0. The second-order valence-electron chi connectivity index (χ2n) is 6.37. The van der Waals surface area contributed by atoms with Crippen LogP contribution in [-0.4, -0.2) is 41.8 Å². The molecule has 0 N–H and O–H groups in total. The van der Waals surface area contributed by atoms with E-state index in [1.807, 2.05) is 26.0 Å². The molecule has 0 spiro atoms. The standard InChI is InChI=1S/C18H17ClN6O/c1-11-5-3-6-13(16(11)19)17(26)24-10-14-15(9-12(24)2)25(23-22-14)18-20-7-4-8-21-18/h3-8,12H,9-10H2,1-2H3/t12-/m1/s1. The Morgan fingerprint density at radius 3 is 2.77 bits per heavy atom. The topological polar surface area (TPSA) is 76.8 Å². The number of hydrogen-bond acceptors (Lipinski definition) is 5. The van der Waals surface area contributed by atoms with E-state index in [1.54, 1.807) is 34.1 Å². The fourth-order valence-corrected chi connectivity index (χ4v) is 3.37. The first-order valence-electron chi connectivity index (χ1n) is 8.33. The molecule has 26 heavy (non-hydrogen) atoms. The van der Waals surface area contributed by atoms with Gasteiger partial charge in [-0.2, -0.15) is 4.68 Å². The number of carbonyl (C=O) groups excluding carboxylic acids is 1. The molecule has 1 aliphatic rings. The Kier molecular flexibility index (Phi) is 4.16. The summed E-state index contributed by atoms with van der Waals surface area (Å²) in [5, 5.41) is 8.92. The van der Waals surface area contributed by atoms with Crippen molar-refractivity contribution in [2.45, 2.75) is 32.9 Å². The Hall–Kier alpha value is -2.80. The zero-order valence-corrected chi connectivity index (χ0v) is 15.2.